The zero-order valence-electron chi connectivity index (χ0n) is 14.9. The maximum absolute atomic E-state index is 12.4. The molecule has 0 spiro atoms. The normalized spacial score (nSPS) is 18.8. The van der Waals surface area contributed by atoms with Gasteiger partial charge < -0.3 is 14.5 Å². The van der Waals surface area contributed by atoms with Crippen molar-refractivity contribution in [3.63, 3.8) is 0 Å². The minimum Gasteiger partial charge on any atom is -0.486 e. The number of nitrogens with one attached hydrogen (secondary N) is 3. The molecule has 2 aromatic heterocycles. The molecule has 1 aliphatic heterocycles. The van der Waals surface area contributed by atoms with Crippen LogP contribution in [-0.4, -0.2) is 17.1 Å². The predicted octanol–water partition coefficient (Wildman–Crippen LogP) is 3.20. The zero-order chi connectivity index (χ0) is 19.3. The number of carbonyl (C=O) groups is 1. The van der Waals surface area contributed by atoms with Gasteiger partial charge in [0, 0.05) is 29.9 Å². The van der Waals surface area contributed by atoms with E-state index in [-0.39, 0.29) is 30.5 Å². The first-order valence-electron chi connectivity index (χ1n) is 8.86. The molecular formula is C20H19ClN4O3. The lowest BCUT2D eigenvalue weighted by molar-refractivity contribution is 0.0900. The molecule has 2 unspecified atom stereocenters. The molecule has 0 bridgehead atoms. The van der Waals surface area contributed by atoms with Crippen molar-refractivity contribution in [3.05, 3.63) is 83.0 Å². The molecule has 0 aliphatic carbocycles. The SMILES string of the molecule is O=C(NC1CC(c2ccncc2)NN1)c1ccc(COc2cccc(Cl)c2)o1. The predicted molar refractivity (Wildman–Crippen MR) is 104 cm³/mol. The first kappa shape index (κ1) is 18.5. The van der Waals surface area contributed by atoms with Crippen molar-refractivity contribution in [2.45, 2.75) is 25.2 Å². The Morgan fingerprint density at radius 1 is 1.21 bits per heavy atom. The quantitative estimate of drug-likeness (QED) is 0.591. The van der Waals surface area contributed by atoms with E-state index in [1.165, 1.54) is 0 Å². The van der Waals surface area contributed by atoms with Crippen LogP contribution in [-0.2, 0) is 6.61 Å². The van der Waals surface area contributed by atoms with E-state index in [1.807, 2.05) is 12.1 Å². The van der Waals surface area contributed by atoms with E-state index in [1.54, 1.807) is 48.8 Å². The summed E-state index contributed by atoms with van der Waals surface area (Å²) in [4.78, 5) is 16.5. The minimum absolute atomic E-state index is 0.103. The Kier molecular flexibility index (Phi) is 5.57. The molecule has 1 aromatic carbocycles. The van der Waals surface area contributed by atoms with Gasteiger partial charge in [-0.1, -0.05) is 17.7 Å². The van der Waals surface area contributed by atoms with Gasteiger partial charge >= 0.3 is 0 Å². The fraction of sp³-hybridized carbons (Fsp3) is 0.200. The van der Waals surface area contributed by atoms with Gasteiger partial charge in [0.05, 0.1) is 6.17 Å². The highest BCUT2D eigenvalue weighted by molar-refractivity contribution is 6.30. The number of halogens is 1. The van der Waals surface area contributed by atoms with Gasteiger partial charge in [-0.15, -0.1) is 0 Å². The Morgan fingerprint density at radius 2 is 2.07 bits per heavy atom. The highest BCUT2D eigenvalue weighted by Gasteiger charge is 2.27. The number of furan rings is 1. The molecule has 8 heteroatoms. The lowest BCUT2D eigenvalue weighted by Gasteiger charge is -2.11. The lowest BCUT2D eigenvalue weighted by atomic mass is 10.1. The van der Waals surface area contributed by atoms with Crippen molar-refractivity contribution in [1.29, 1.82) is 0 Å². The Hall–Kier alpha value is -2.87. The average Bonchev–Trinajstić information content (AvgIpc) is 3.37. The molecule has 144 valence electrons. The Morgan fingerprint density at radius 3 is 2.89 bits per heavy atom. The summed E-state index contributed by atoms with van der Waals surface area (Å²) in [6.45, 7) is 0.209. The van der Waals surface area contributed by atoms with Crippen LogP contribution in [0.5, 0.6) is 5.75 Å². The Labute approximate surface area is 167 Å². The van der Waals surface area contributed by atoms with Crippen molar-refractivity contribution >= 4 is 17.5 Å². The molecule has 0 radical (unpaired) electrons. The van der Waals surface area contributed by atoms with E-state index in [0.717, 1.165) is 5.56 Å². The van der Waals surface area contributed by atoms with Gasteiger partial charge in [0.2, 0.25) is 0 Å². The summed E-state index contributed by atoms with van der Waals surface area (Å²) >= 11 is 5.93. The number of hydrogen-bond donors (Lipinski definition) is 3. The van der Waals surface area contributed by atoms with Gasteiger partial charge in [0.15, 0.2) is 5.76 Å². The van der Waals surface area contributed by atoms with Crippen LogP contribution >= 0.6 is 11.6 Å². The number of pyridine rings is 1. The van der Waals surface area contributed by atoms with Crippen LogP contribution in [0.3, 0.4) is 0 Å². The first-order valence-corrected chi connectivity index (χ1v) is 9.24. The van der Waals surface area contributed by atoms with E-state index in [9.17, 15) is 4.79 Å². The van der Waals surface area contributed by atoms with E-state index >= 15 is 0 Å². The summed E-state index contributed by atoms with van der Waals surface area (Å²) in [5.74, 6) is 1.14. The molecule has 28 heavy (non-hydrogen) atoms. The third-order valence-electron chi connectivity index (χ3n) is 4.38. The van der Waals surface area contributed by atoms with Gasteiger partial charge in [-0.05, 0) is 48.0 Å². The highest BCUT2D eigenvalue weighted by atomic mass is 35.5. The molecule has 1 fully saturated rings. The maximum Gasteiger partial charge on any atom is 0.288 e. The van der Waals surface area contributed by atoms with Gasteiger partial charge in [0.25, 0.3) is 5.91 Å². The molecule has 1 aliphatic rings. The fourth-order valence-corrected chi connectivity index (χ4v) is 3.16. The molecule has 2 atom stereocenters. The van der Waals surface area contributed by atoms with Gasteiger partial charge in [-0.25, -0.2) is 10.9 Å². The molecular weight excluding hydrogens is 380 g/mol. The summed E-state index contributed by atoms with van der Waals surface area (Å²) in [6, 6.07) is 14.5. The van der Waals surface area contributed by atoms with E-state index in [2.05, 4.69) is 21.2 Å². The van der Waals surface area contributed by atoms with Crippen molar-refractivity contribution in [1.82, 2.24) is 21.2 Å². The number of nitrogens with zero attached hydrogens (tertiary/aromatic N) is 1. The second-order valence-corrected chi connectivity index (χ2v) is 6.83. The van der Waals surface area contributed by atoms with Crippen molar-refractivity contribution in [2.24, 2.45) is 0 Å². The largest absolute Gasteiger partial charge is 0.486 e. The summed E-state index contributed by atoms with van der Waals surface area (Å²) in [5.41, 5.74) is 7.37. The molecule has 1 amide bonds. The lowest BCUT2D eigenvalue weighted by Crippen LogP contribution is -2.44. The average molecular weight is 399 g/mol. The second-order valence-electron chi connectivity index (χ2n) is 6.40. The number of ether oxygens (including phenoxy) is 1. The maximum atomic E-state index is 12.4. The van der Waals surface area contributed by atoms with Crippen LogP contribution in [0, 0.1) is 0 Å². The van der Waals surface area contributed by atoms with Crippen molar-refractivity contribution in [3.8, 4) is 5.75 Å². The summed E-state index contributed by atoms with van der Waals surface area (Å²) in [7, 11) is 0. The zero-order valence-corrected chi connectivity index (χ0v) is 15.6. The molecule has 3 aromatic rings. The smallest absolute Gasteiger partial charge is 0.288 e. The number of benzene rings is 1. The van der Waals surface area contributed by atoms with E-state index in [0.29, 0.717) is 23.0 Å². The standard InChI is InChI=1S/C20H19ClN4O3/c21-14-2-1-3-15(10-14)27-12-16-4-5-18(28-16)20(26)23-19-11-17(24-25-19)13-6-8-22-9-7-13/h1-10,17,19,24-25H,11-12H2,(H,23,26). The number of carbonyl (C=O) groups excluding carboxylic acids is 1. The van der Waals surface area contributed by atoms with Crippen molar-refractivity contribution < 1.29 is 13.9 Å². The summed E-state index contributed by atoms with van der Waals surface area (Å²) in [6.07, 6.45) is 4.00. The van der Waals surface area contributed by atoms with Crippen LogP contribution in [0.25, 0.3) is 0 Å². The summed E-state index contributed by atoms with van der Waals surface area (Å²) in [5, 5.41) is 3.51. The molecule has 3 N–H and O–H groups in total. The molecule has 1 saturated heterocycles. The van der Waals surface area contributed by atoms with Gasteiger partial charge in [-0.3, -0.25) is 9.78 Å². The third-order valence-corrected chi connectivity index (χ3v) is 4.61. The number of hydrazine groups is 1. The molecule has 3 heterocycles. The molecule has 7 nitrogen and oxygen atoms in total. The highest BCUT2D eigenvalue weighted by Crippen LogP contribution is 2.21. The van der Waals surface area contributed by atoms with Crippen LogP contribution in [0.4, 0.5) is 0 Å². The number of aromatic nitrogens is 1. The van der Waals surface area contributed by atoms with E-state index < -0.39 is 0 Å². The number of rotatable bonds is 6. The van der Waals surface area contributed by atoms with E-state index in [4.69, 9.17) is 20.8 Å². The van der Waals surface area contributed by atoms with Crippen LogP contribution in [0.1, 0.15) is 34.3 Å². The van der Waals surface area contributed by atoms with Gasteiger partial charge in [-0.2, -0.15) is 0 Å². The molecule has 4 rings (SSSR count). The fourth-order valence-electron chi connectivity index (χ4n) is 2.98. The van der Waals surface area contributed by atoms with Crippen molar-refractivity contribution in [2.75, 3.05) is 0 Å². The summed E-state index contributed by atoms with van der Waals surface area (Å²) < 4.78 is 11.2. The second kappa shape index (κ2) is 8.43. The number of hydrogen-bond acceptors (Lipinski definition) is 6. The van der Waals surface area contributed by atoms with Crippen LogP contribution in [0.15, 0.2) is 65.3 Å². The third kappa shape index (κ3) is 4.51. The monoisotopic (exact) mass is 398 g/mol. The Bertz CT molecular complexity index is 947. The molecule has 0 saturated carbocycles. The minimum atomic E-state index is -0.288. The van der Waals surface area contributed by atoms with Crippen LogP contribution < -0.4 is 20.9 Å². The first-order chi connectivity index (χ1) is 13.7. The topological polar surface area (TPSA) is 88.4 Å². The van der Waals surface area contributed by atoms with Gasteiger partial charge in [0.1, 0.15) is 18.1 Å². The number of amides is 1. The Balaban J connectivity index is 1.30. The van der Waals surface area contributed by atoms with Crippen LogP contribution in [0.2, 0.25) is 5.02 Å².